The van der Waals surface area contributed by atoms with E-state index in [0.29, 0.717) is 18.3 Å². The van der Waals surface area contributed by atoms with E-state index in [9.17, 15) is 0 Å². The topological polar surface area (TPSA) is 83.7 Å². The van der Waals surface area contributed by atoms with Crippen molar-refractivity contribution in [2.24, 2.45) is 0 Å². The molecule has 0 amide bonds. The van der Waals surface area contributed by atoms with Gasteiger partial charge in [0.25, 0.3) is 0 Å². The number of aryl methyl sites for hydroxylation is 1. The molecule has 1 aliphatic heterocycles. The van der Waals surface area contributed by atoms with Crippen LogP contribution in [0.4, 0.5) is 0 Å². The predicted octanol–water partition coefficient (Wildman–Crippen LogP) is 1.98. The van der Waals surface area contributed by atoms with Crippen LogP contribution in [0.2, 0.25) is 0 Å². The van der Waals surface area contributed by atoms with Crippen molar-refractivity contribution >= 4 is 0 Å². The summed E-state index contributed by atoms with van der Waals surface area (Å²) in [6.45, 7) is 4.62. The normalized spacial score (nSPS) is 14.8. The molecule has 0 saturated heterocycles. The molecule has 4 heterocycles. The van der Waals surface area contributed by atoms with Crippen LogP contribution in [0, 0.1) is 0 Å². The Morgan fingerprint density at radius 3 is 3.13 bits per heavy atom. The van der Waals surface area contributed by atoms with Crippen LogP contribution in [0.5, 0.6) is 0 Å². The molecule has 7 heteroatoms. The van der Waals surface area contributed by atoms with Gasteiger partial charge in [-0.1, -0.05) is 6.92 Å². The van der Waals surface area contributed by atoms with Crippen LogP contribution >= 0.6 is 0 Å². The Labute approximate surface area is 133 Å². The number of pyridine rings is 1. The van der Waals surface area contributed by atoms with Crippen molar-refractivity contribution in [3.05, 3.63) is 47.4 Å². The molecule has 0 unspecified atom stereocenters. The maximum absolute atomic E-state index is 5.77. The number of aromatic nitrogens is 5. The van der Waals surface area contributed by atoms with Crippen molar-refractivity contribution in [3.8, 4) is 11.5 Å². The smallest absolute Gasteiger partial charge is 0.249 e. The lowest BCUT2D eigenvalue weighted by Gasteiger charge is -2.25. The fourth-order valence-corrected chi connectivity index (χ4v) is 2.95. The Morgan fingerprint density at radius 2 is 2.30 bits per heavy atom. The van der Waals surface area contributed by atoms with Gasteiger partial charge in [-0.15, -0.1) is 10.2 Å². The fraction of sp³-hybridized carbons (Fsp3) is 0.375. The van der Waals surface area contributed by atoms with E-state index in [0.717, 1.165) is 37.2 Å². The Bertz CT molecular complexity index is 781. The minimum absolute atomic E-state index is 0.517. The van der Waals surface area contributed by atoms with Crippen molar-refractivity contribution in [3.63, 3.8) is 0 Å². The van der Waals surface area contributed by atoms with Gasteiger partial charge in [-0.05, 0) is 18.6 Å². The molecule has 0 atom stereocenters. The summed E-state index contributed by atoms with van der Waals surface area (Å²) >= 11 is 0. The van der Waals surface area contributed by atoms with Gasteiger partial charge in [-0.3, -0.25) is 15.0 Å². The highest BCUT2D eigenvalue weighted by Crippen LogP contribution is 2.23. The number of hydrogen-bond acceptors (Lipinski definition) is 6. The average molecular weight is 310 g/mol. The van der Waals surface area contributed by atoms with Crippen LogP contribution < -0.4 is 0 Å². The zero-order chi connectivity index (χ0) is 15.6. The standard InChI is InChI=1S/C16H18N6O/c1-2-13-12-9-22(7-5-14(12)19-18-13)10-15-20-21-16(23-15)11-4-3-6-17-8-11/h3-4,6,8H,2,5,7,9-10H2,1H3,(H,18,19). The van der Waals surface area contributed by atoms with Gasteiger partial charge < -0.3 is 4.42 Å². The summed E-state index contributed by atoms with van der Waals surface area (Å²) in [5, 5.41) is 15.8. The first kappa shape index (κ1) is 14.1. The quantitative estimate of drug-likeness (QED) is 0.793. The molecule has 3 aromatic heterocycles. The van der Waals surface area contributed by atoms with E-state index in [1.54, 1.807) is 12.4 Å². The summed E-state index contributed by atoms with van der Waals surface area (Å²) in [7, 11) is 0. The van der Waals surface area contributed by atoms with E-state index in [2.05, 4.69) is 37.2 Å². The molecule has 0 aliphatic carbocycles. The first-order valence-corrected chi connectivity index (χ1v) is 7.83. The molecular formula is C16H18N6O. The molecule has 0 spiro atoms. The van der Waals surface area contributed by atoms with Gasteiger partial charge in [0.15, 0.2) is 0 Å². The number of hydrogen-bond donors (Lipinski definition) is 1. The Morgan fingerprint density at radius 1 is 1.35 bits per heavy atom. The number of H-pyrrole nitrogens is 1. The van der Waals surface area contributed by atoms with Crippen molar-refractivity contribution in [1.29, 1.82) is 0 Å². The van der Waals surface area contributed by atoms with Crippen LogP contribution in [0.3, 0.4) is 0 Å². The molecule has 4 rings (SSSR count). The van der Waals surface area contributed by atoms with Crippen molar-refractivity contribution in [2.75, 3.05) is 6.54 Å². The predicted molar refractivity (Wildman–Crippen MR) is 83.3 cm³/mol. The summed E-state index contributed by atoms with van der Waals surface area (Å²) in [6.07, 6.45) is 5.38. The van der Waals surface area contributed by atoms with Crippen LogP contribution in [-0.4, -0.2) is 36.8 Å². The number of fused-ring (bicyclic) bond motifs is 1. The van der Waals surface area contributed by atoms with Gasteiger partial charge in [0.1, 0.15) is 0 Å². The lowest BCUT2D eigenvalue weighted by molar-refractivity contribution is 0.220. The minimum atomic E-state index is 0.517. The molecular weight excluding hydrogens is 292 g/mol. The van der Waals surface area contributed by atoms with Gasteiger partial charge in [0.05, 0.1) is 17.8 Å². The number of nitrogens with one attached hydrogen (secondary N) is 1. The van der Waals surface area contributed by atoms with Crippen LogP contribution in [-0.2, 0) is 25.9 Å². The zero-order valence-electron chi connectivity index (χ0n) is 13.0. The van der Waals surface area contributed by atoms with Crippen molar-refractivity contribution in [2.45, 2.75) is 32.9 Å². The number of nitrogens with zero attached hydrogens (tertiary/aromatic N) is 5. The minimum Gasteiger partial charge on any atom is -0.419 e. The van der Waals surface area contributed by atoms with Gasteiger partial charge in [0.2, 0.25) is 11.8 Å². The average Bonchev–Trinajstić information content (AvgIpc) is 3.22. The molecule has 1 aliphatic rings. The molecule has 0 saturated carbocycles. The van der Waals surface area contributed by atoms with E-state index in [-0.39, 0.29) is 0 Å². The van der Waals surface area contributed by atoms with E-state index < -0.39 is 0 Å². The molecule has 1 N–H and O–H groups in total. The van der Waals surface area contributed by atoms with Crippen molar-refractivity contribution in [1.82, 2.24) is 30.3 Å². The van der Waals surface area contributed by atoms with Gasteiger partial charge in [-0.2, -0.15) is 5.10 Å². The van der Waals surface area contributed by atoms with Crippen LogP contribution in [0.1, 0.15) is 29.8 Å². The third-order valence-electron chi connectivity index (χ3n) is 4.17. The third-order valence-corrected chi connectivity index (χ3v) is 4.17. The summed E-state index contributed by atoms with van der Waals surface area (Å²) in [5.74, 6) is 1.15. The monoisotopic (exact) mass is 310 g/mol. The lowest BCUT2D eigenvalue weighted by atomic mass is 10.0. The summed E-state index contributed by atoms with van der Waals surface area (Å²) in [4.78, 5) is 6.39. The second-order valence-electron chi connectivity index (χ2n) is 5.68. The van der Waals surface area contributed by atoms with Gasteiger partial charge >= 0.3 is 0 Å². The van der Waals surface area contributed by atoms with Crippen molar-refractivity contribution < 1.29 is 4.42 Å². The number of rotatable bonds is 4. The molecule has 23 heavy (non-hydrogen) atoms. The van der Waals surface area contributed by atoms with Gasteiger partial charge in [-0.25, -0.2) is 0 Å². The molecule has 0 radical (unpaired) electrons. The maximum Gasteiger partial charge on any atom is 0.249 e. The highest BCUT2D eigenvalue weighted by molar-refractivity contribution is 5.49. The summed E-state index contributed by atoms with van der Waals surface area (Å²) in [5.41, 5.74) is 4.59. The Hall–Kier alpha value is -2.54. The van der Waals surface area contributed by atoms with E-state index in [1.165, 1.54) is 11.3 Å². The molecule has 118 valence electrons. The summed E-state index contributed by atoms with van der Waals surface area (Å²) in [6, 6.07) is 3.77. The Balaban J connectivity index is 1.48. The largest absolute Gasteiger partial charge is 0.419 e. The van der Waals surface area contributed by atoms with E-state index >= 15 is 0 Å². The molecule has 7 nitrogen and oxygen atoms in total. The first-order valence-electron chi connectivity index (χ1n) is 7.83. The van der Waals surface area contributed by atoms with Crippen LogP contribution in [0.15, 0.2) is 28.9 Å². The van der Waals surface area contributed by atoms with Gasteiger partial charge in [0, 0.05) is 43.2 Å². The second-order valence-corrected chi connectivity index (χ2v) is 5.68. The Kier molecular flexibility index (Phi) is 3.63. The molecule has 0 bridgehead atoms. The molecule has 0 aromatic carbocycles. The second kappa shape index (κ2) is 5.92. The molecule has 3 aromatic rings. The highest BCUT2D eigenvalue weighted by Gasteiger charge is 2.22. The maximum atomic E-state index is 5.77. The SMILES string of the molecule is CCc1n[nH]c2c1CN(Cc1nnc(-c3cccnc3)o1)CC2. The number of aromatic amines is 1. The van der Waals surface area contributed by atoms with E-state index in [1.807, 2.05) is 12.1 Å². The van der Waals surface area contributed by atoms with Crippen LogP contribution in [0.25, 0.3) is 11.5 Å². The highest BCUT2D eigenvalue weighted by atomic mass is 16.4. The zero-order valence-corrected chi connectivity index (χ0v) is 13.0. The fourth-order valence-electron chi connectivity index (χ4n) is 2.95. The first-order chi connectivity index (χ1) is 11.3. The third kappa shape index (κ3) is 2.75. The van der Waals surface area contributed by atoms with E-state index in [4.69, 9.17) is 4.42 Å². The molecule has 0 fully saturated rings. The summed E-state index contributed by atoms with van der Waals surface area (Å²) < 4.78 is 5.77. The lowest BCUT2D eigenvalue weighted by Crippen LogP contribution is -2.30.